The largest absolute Gasteiger partial charge is 0.455 e. The van der Waals surface area contributed by atoms with Crippen LogP contribution in [0.5, 0.6) is 0 Å². The summed E-state index contributed by atoms with van der Waals surface area (Å²) < 4.78 is 6.58. The van der Waals surface area contributed by atoms with Gasteiger partial charge in [0.15, 0.2) is 5.82 Å². The molecule has 8 aromatic carbocycles. The Kier molecular flexibility index (Phi) is 7.84. The Labute approximate surface area is 338 Å². The Morgan fingerprint density at radius 2 is 0.931 bits per heavy atom. The number of furan rings is 1. The van der Waals surface area contributed by atoms with Crippen LogP contribution in [0.3, 0.4) is 0 Å². The molecule has 3 nitrogen and oxygen atoms in total. The Bertz CT molecular complexity index is 3190. The molecule has 1 aliphatic carbocycles. The third-order valence-electron chi connectivity index (χ3n) is 11.9. The van der Waals surface area contributed by atoms with Gasteiger partial charge in [-0.1, -0.05) is 166 Å². The topological polar surface area (TPSA) is 38.9 Å². The third-order valence-corrected chi connectivity index (χ3v) is 11.9. The highest BCUT2D eigenvalue weighted by Gasteiger charge is 2.35. The number of aromatic nitrogens is 2. The number of fused-ring (bicyclic) bond motifs is 6. The summed E-state index contributed by atoms with van der Waals surface area (Å²) in [6.45, 7) is 4.64. The van der Waals surface area contributed by atoms with Gasteiger partial charge in [-0.3, -0.25) is 0 Å². The first-order valence-electron chi connectivity index (χ1n) is 19.9. The van der Waals surface area contributed by atoms with Crippen molar-refractivity contribution in [3.05, 3.63) is 205 Å². The predicted molar refractivity (Wildman–Crippen MR) is 239 cm³/mol. The number of benzene rings is 8. The second-order valence-corrected chi connectivity index (χ2v) is 15.8. The fourth-order valence-electron chi connectivity index (χ4n) is 8.92. The highest BCUT2D eigenvalue weighted by atomic mass is 16.3. The van der Waals surface area contributed by atoms with Crippen molar-refractivity contribution >= 4 is 21.9 Å². The summed E-state index contributed by atoms with van der Waals surface area (Å²) >= 11 is 0. The smallest absolute Gasteiger partial charge is 0.160 e. The van der Waals surface area contributed by atoms with E-state index in [2.05, 4.69) is 196 Å². The molecule has 0 saturated heterocycles. The van der Waals surface area contributed by atoms with Gasteiger partial charge >= 0.3 is 0 Å². The van der Waals surface area contributed by atoms with E-state index in [1.807, 2.05) is 12.1 Å². The average molecular weight is 743 g/mol. The number of para-hydroxylation sites is 2. The van der Waals surface area contributed by atoms with Crippen LogP contribution in [-0.4, -0.2) is 9.97 Å². The van der Waals surface area contributed by atoms with Crippen molar-refractivity contribution in [3.63, 3.8) is 0 Å². The van der Waals surface area contributed by atoms with E-state index in [9.17, 15) is 0 Å². The van der Waals surface area contributed by atoms with Crippen LogP contribution in [0.1, 0.15) is 25.0 Å². The van der Waals surface area contributed by atoms with Crippen LogP contribution < -0.4 is 0 Å². The molecule has 0 aliphatic heterocycles. The van der Waals surface area contributed by atoms with Crippen molar-refractivity contribution in [2.24, 2.45) is 0 Å². The maximum atomic E-state index is 6.58. The summed E-state index contributed by atoms with van der Waals surface area (Å²) in [6.07, 6.45) is 0. The summed E-state index contributed by atoms with van der Waals surface area (Å²) in [5.74, 6) is 0.678. The first-order valence-corrected chi connectivity index (χ1v) is 19.9. The standard InChI is InChI=1S/C55H38N2O/c1-55(2)48-25-11-9-21-44(48)47-33-38(27-28-49(47)55)50-34-51(57-54(56-50)39-20-13-19-37(29-39)35-15-5-3-6-16-35)42-31-40(36-17-7-4-8-18-36)30-41(32-42)43-23-14-24-46-45-22-10-12-26-52(45)58-53(43)46/h3-34H,1-2H3. The molecule has 10 aromatic rings. The number of rotatable bonds is 6. The minimum Gasteiger partial charge on any atom is -0.455 e. The molecule has 0 radical (unpaired) electrons. The minimum absolute atomic E-state index is 0.0820. The van der Waals surface area contributed by atoms with Gasteiger partial charge in [0.2, 0.25) is 0 Å². The predicted octanol–water partition coefficient (Wildman–Crippen LogP) is 14.7. The number of hydrogen-bond donors (Lipinski definition) is 0. The first-order chi connectivity index (χ1) is 28.5. The highest BCUT2D eigenvalue weighted by molar-refractivity contribution is 6.10. The van der Waals surface area contributed by atoms with Crippen molar-refractivity contribution in [1.29, 1.82) is 0 Å². The van der Waals surface area contributed by atoms with Gasteiger partial charge in [0.1, 0.15) is 11.2 Å². The van der Waals surface area contributed by atoms with Crippen molar-refractivity contribution in [1.82, 2.24) is 9.97 Å². The van der Waals surface area contributed by atoms with Crippen LogP contribution in [-0.2, 0) is 5.41 Å². The van der Waals surface area contributed by atoms with E-state index in [0.29, 0.717) is 5.82 Å². The van der Waals surface area contributed by atoms with Crippen molar-refractivity contribution in [2.45, 2.75) is 19.3 Å². The van der Waals surface area contributed by atoms with Crippen LogP contribution in [0.15, 0.2) is 199 Å². The summed E-state index contributed by atoms with van der Waals surface area (Å²) in [5, 5.41) is 2.22. The zero-order valence-corrected chi connectivity index (χ0v) is 32.3. The maximum Gasteiger partial charge on any atom is 0.160 e. The van der Waals surface area contributed by atoms with E-state index in [0.717, 1.165) is 83.4 Å². The van der Waals surface area contributed by atoms with E-state index in [4.69, 9.17) is 14.4 Å². The van der Waals surface area contributed by atoms with Crippen LogP contribution in [0.25, 0.3) is 100 Å². The molecular weight excluding hydrogens is 705 g/mol. The molecule has 0 spiro atoms. The fraction of sp³-hybridized carbons (Fsp3) is 0.0545. The van der Waals surface area contributed by atoms with E-state index < -0.39 is 0 Å². The number of hydrogen-bond acceptors (Lipinski definition) is 3. The van der Waals surface area contributed by atoms with E-state index >= 15 is 0 Å². The summed E-state index contributed by atoms with van der Waals surface area (Å²) in [4.78, 5) is 10.8. The summed E-state index contributed by atoms with van der Waals surface area (Å²) in [6, 6.07) is 68.9. The normalized spacial score (nSPS) is 12.8. The molecule has 2 aromatic heterocycles. The van der Waals surface area contributed by atoms with E-state index in [-0.39, 0.29) is 5.41 Å². The molecule has 11 rings (SSSR count). The van der Waals surface area contributed by atoms with E-state index in [1.54, 1.807) is 0 Å². The number of nitrogens with zero attached hydrogens (tertiary/aromatic N) is 2. The Hall–Kier alpha value is -7.36. The fourth-order valence-corrected chi connectivity index (χ4v) is 8.92. The quantitative estimate of drug-likeness (QED) is 0.170. The second kappa shape index (κ2) is 13.4. The molecule has 0 atom stereocenters. The Morgan fingerprint density at radius 3 is 1.76 bits per heavy atom. The van der Waals surface area contributed by atoms with Crippen LogP contribution in [0.4, 0.5) is 0 Å². The Morgan fingerprint density at radius 1 is 0.362 bits per heavy atom. The third kappa shape index (κ3) is 5.66. The lowest BCUT2D eigenvalue weighted by molar-refractivity contribution is 0.660. The van der Waals surface area contributed by atoms with Gasteiger partial charge < -0.3 is 4.42 Å². The molecule has 0 N–H and O–H groups in total. The zero-order valence-electron chi connectivity index (χ0n) is 32.3. The monoisotopic (exact) mass is 742 g/mol. The second-order valence-electron chi connectivity index (χ2n) is 15.8. The maximum absolute atomic E-state index is 6.58. The van der Waals surface area contributed by atoms with Crippen LogP contribution >= 0.6 is 0 Å². The molecule has 2 heterocycles. The molecule has 274 valence electrons. The Balaban J connectivity index is 1.14. The molecule has 0 bridgehead atoms. The van der Waals surface area contributed by atoms with Crippen molar-refractivity contribution in [3.8, 4) is 78.4 Å². The molecular formula is C55H38N2O. The minimum atomic E-state index is -0.0820. The van der Waals surface area contributed by atoms with Crippen molar-refractivity contribution < 1.29 is 4.42 Å². The van der Waals surface area contributed by atoms with Gasteiger partial charge in [-0.05, 0) is 92.5 Å². The molecule has 0 saturated carbocycles. The van der Waals surface area contributed by atoms with Gasteiger partial charge in [0.25, 0.3) is 0 Å². The lowest BCUT2D eigenvalue weighted by atomic mass is 9.82. The highest BCUT2D eigenvalue weighted by Crippen LogP contribution is 2.49. The first kappa shape index (κ1) is 33.9. The van der Waals surface area contributed by atoms with E-state index in [1.165, 1.54) is 22.3 Å². The van der Waals surface area contributed by atoms with Crippen LogP contribution in [0.2, 0.25) is 0 Å². The lowest BCUT2D eigenvalue weighted by Gasteiger charge is -2.21. The van der Waals surface area contributed by atoms with Gasteiger partial charge in [0, 0.05) is 38.4 Å². The van der Waals surface area contributed by atoms with Gasteiger partial charge in [-0.2, -0.15) is 0 Å². The van der Waals surface area contributed by atoms with Gasteiger partial charge in [-0.25, -0.2) is 9.97 Å². The molecule has 1 aliphatic rings. The van der Waals surface area contributed by atoms with Gasteiger partial charge in [-0.15, -0.1) is 0 Å². The molecule has 3 heteroatoms. The summed E-state index contributed by atoms with van der Waals surface area (Å²) in [5.41, 5.74) is 18.3. The molecule has 0 fully saturated rings. The average Bonchev–Trinajstić information content (AvgIpc) is 3.78. The van der Waals surface area contributed by atoms with Crippen LogP contribution in [0, 0.1) is 0 Å². The summed E-state index contributed by atoms with van der Waals surface area (Å²) in [7, 11) is 0. The molecule has 0 unspecified atom stereocenters. The van der Waals surface area contributed by atoms with Gasteiger partial charge in [0.05, 0.1) is 11.4 Å². The van der Waals surface area contributed by atoms with Crippen molar-refractivity contribution in [2.75, 3.05) is 0 Å². The SMILES string of the molecule is CC1(C)c2ccccc2-c2cc(-c3cc(-c4cc(-c5ccccc5)cc(-c5cccc6c5oc5ccccc56)c4)nc(-c4cccc(-c5ccccc5)c4)n3)ccc21. The zero-order chi connectivity index (χ0) is 38.8. The molecule has 58 heavy (non-hydrogen) atoms. The molecule has 0 amide bonds. The lowest BCUT2D eigenvalue weighted by Crippen LogP contribution is -2.14.